The number of rotatable bonds is 5. The van der Waals surface area contributed by atoms with Gasteiger partial charge in [-0.2, -0.15) is 0 Å². The number of ether oxygens (including phenoxy) is 1. The molecule has 110 valence electrons. The van der Waals surface area contributed by atoms with Crippen LogP contribution in [-0.4, -0.2) is 30.5 Å². The molecule has 3 heteroatoms. The van der Waals surface area contributed by atoms with Gasteiger partial charge in [0, 0.05) is 19.5 Å². The Morgan fingerprint density at radius 1 is 1.20 bits per heavy atom. The van der Waals surface area contributed by atoms with Gasteiger partial charge >= 0.3 is 0 Å². The molecule has 1 amide bonds. The van der Waals surface area contributed by atoms with Crippen LogP contribution in [0.1, 0.15) is 43.2 Å². The standard InChI is InChI=1S/C17H25NO2/c1-14-8-9-15(2)16(13-14)20-12-6-7-17(19)18-10-4-3-5-11-18/h8-9,13H,3-7,10-12H2,1-2H3. The Morgan fingerprint density at radius 2 is 1.95 bits per heavy atom. The highest BCUT2D eigenvalue weighted by Gasteiger charge is 2.15. The number of likely N-dealkylation sites (tertiary alicyclic amines) is 1. The van der Waals surface area contributed by atoms with Crippen molar-refractivity contribution < 1.29 is 9.53 Å². The quantitative estimate of drug-likeness (QED) is 0.770. The monoisotopic (exact) mass is 275 g/mol. The molecule has 0 unspecified atom stereocenters. The number of aryl methyl sites for hydroxylation is 2. The number of hydrogen-bond donors (Lipinski definition) is 0. The van der Waals surface area contributed by atoms with E-state index in [1.807, 2.05) is 11.8 Å². The van der Waals surface area contributed by atoms with Gasteiger partial charge in [-0.3, -0.25) is 4.79 Å². The highest BCUT2D eigenvalue weighted by Crippen LogP contribution is 2.19. The summed E-state index contributed by atoms with van der Waals surface area (Å²) in [4.78, 5) is 14.0. The van der Waals surface area contributed by atoms with E-state index in [4.69, 9.17) is 4.74 Å². The third-order valence-corrected chi connectivity index (χ3v) is 3.84. The summed E-state index contributed by atoms with van der Waals surface area (Å²) < 4.78 is 5.78. The van der Waals surface area contributed by atoms with Crippen molar-refractivity contribution in [3.8, 4) is 5.75 Å². The minimum Gasteiger partial charge on any atom is -0.493 e. The zero-order valence-electron chi connectivity index (χ0n) is 12.7. The second-order valence-electron chi connectivity index (χ2n) is 5.66. The number of amides is 1. The van der Waals surface area contributed by atoms with Crippen LogP contribution in [0.5, 0.6) is 5.75 Å². The van der Waals surface area contributed by atoms with Crippen LogP contribution in [0.3, 0.4) is 0 Å². The number of nitrogens with zero attached hydrogens (tertiary/aromatic N) is 1. The number of benzene rings is 1. The number of carbonyl (C=O) groups is 1. The highest BCUT2D eigenvalue weighted by atomic mass is 16.5. The predicted octanol–water partition coefficient (Wildman–Crippen LogP) is 3.47. The Hall–Kier alpha value is -1.51. The molecule has 3 nitrogen and oxygen atoms in total. The smallest absolute Gasteiger partial charge is 0.222 e. The molecule has 0 spiro atoms. The van der Waals surface area contributed by atoms with Crippen molar-refractivity contribution in [1.82, 2.24) is 4.90 Å². The van der Waals surface area contributed by atoms with Gasteiger partial charge in [-0.25, -0.2) is 0 Å². The van der Waals surface area contributed by atoms with Gasteiger partial charge in [0.1, 0.15) is 5.75 Å². The first-order chi connectivity index (χ1) is 9.66. The second-order valence-corrected chi connectivity index (χ2v) is 5.66. The summed E-state index contributed by atoms with van der Waals surface area (Å²) >= 11 is 0. The van der Waals surface area contributed by atoms with E-state index in [-0.39, 0.29) is 5.91 Å². The van der Waals surface area contributed by atoms with Crippen molar-refractivity contribution in [2.75, 3.05) is 19.7 Å². The average Bonchev–Trinajstić information content (AvgIpc) is 2.47. The summed E-state index contributed by atoms with van der Waals surface area (Å²) in [7, 11) is 0. The summed E-state index contributed by atoms with van der Waals surface area (Å²) in [6.07, 6.45) is 4.97. The SMILES string of the molecule is Cc1ccc(C)c(OCCCC(=O)N2CCCCC2)c1. The molecule has 2 rings (SSSR count). The number of carbonyl (C=O) groups excluding carboxylic acids is 1. The van der Waals surface area contributed by atoms with Crippen molar-refractivity contribution >= 4 is 5.91 Å². The van der Waals surface area contributed by atoms with Gasteiger partial charge in [-0.1, -0.05) is 12.1 Å². The average molecular weight is 275 g/mol. The molecule has 20 heavy (non-hydrogen) atoms. The maximum atomic E-state index is 12.0. The summed E-state index contributed by atoms with van der Waals surface area (Å²) in [5.74, 6) is 1.23. The highest BCUT2D eigenvalue weighted by molar-refractivity contribution is 5.76. The molecule has 0 atom stereocenters. The molecule has 1 aliphatic heterocycles. The molecule has 0 bridgehead atoms. The van der Waals surface area contributed by atoms with Crippen LogP contribution in [0, 0.1) is 13.8 Å². The zero-order chi connectivity index (χ0) is 14.4. The van der Waals surface area contributed by atoms with Crippen molar-refractivity contribution in [2.24, 2.45) is 0 Å². The normalized spacial score (nSPS) is 15.2. The lowest BCUT2D eigenvalue weighted by atomic mass is 10.1. The summed E-state index contributed by atoms with van der Waals surface area (Å²) in [5, 5.41) is 0. The number of piperidine rings is 1. The minimum atomic E-state index is 0.286. The molecule has 1 aliphatic rings. The van der Waals surface area contributed by atoms with E-state index in [0.29, 0.717) is 13.0 Å². The maximum Gasteiger partial charge on any atom is 0.222 e. The van der Waals surface area contributed by atoms with E-state index in [9.17, 15) is 4.79 Å². The summed E-state index contributed by atoms with van der Waals surface area (Å²) in [6, 6.07) is 6.22. The van der Waals surface area contributed by atoms with Gasteiger partial charge in [-0.05, 0) is 56.7 Å². The Morgan fingerprint density at radius 3 is 2.70 bits per heavy atom. The largest absolute Gasteiger partial charge is 0.493 e. The molecule has 1 aromatic carbocycles. The maximum absolute atomic E-state index is 12.0. The van der Waals surface area contributed by atoms with Gasteiger partial charge in [0.2, 0.25) is 5.91 Å². The fourth-order valence-electron chi connectivity index (χ4n) is 2.57. The van der Waals surface area contributed by atoms with E-state index in [0.717, 1.165) is 43.7 Å². The molecule has 1 saturated heterocycles. The second kappa shape index (κ2) is 7.32. The fraction of sp³-hybridized carbons (Fsp3) is 0.588. The lowest BCUT2D eigenvalue weighted by molar-refractivity contribution is -0.132. The first-order valence-electron chi connectivity index (χ1n) is 7.64. The van der Waals surface area contributed by atoms with Crippen LogP contribution < -0.4 is 4.74 Å². The molecule has 0 aliphatic carbocycles. The van der Waals surface area contributed by atoms with E-state index < -0.39 is 0 Å². The lowest BCUT2D eigenvalue weighted by Crippen LogP contribution is -2.35. The Labute approximate surface area is 121 Å². The van der Waals surface area contributed by atoms with E-state index in [1.165, 1.54) is 12.0 Å². The van der Waals surface area contributed by atoms with Crippen LogP contribution in [0.2, 0.25) is 0 Å². The molecular weight excluding hydrogens is 250 g/mol. The van der Waals surface area contributed by atoms with Crippen LogP contribution in [0.4, 0.5) is 0 Å². The van der Waals surface area contributed by atoms with Gasteiger partial charge in [-0.15, -0.1) is 0 Å². The molecule has 0 aromatic heterocycles. The van der Waals surface area contributed by atoms with Gasteiger partial charge < -0.3 is 9.64 Å². The molecule has 1 fully saturated rings. The van der Waals surface area contributed by atoms with E-state index in [1.54, 1.807) is 0 Å². The molecule has 0 N–H and O–H groups in total. The van der Waals surface area contributed by atoms with Crippen molar-refractivity contribution in [3.63, 3.8) is 0 Å². The number of hydrogen-bond acceptors (Lipinski definition) is 2. The Kier molecular flexibility index (Phi) is 5.45. The van der Waals surface area contributed by atoms with Crippen LogP contribution in [0.25, 0.3) is 0 Å². The first-order valence-corrected chi connectivity index (χ1v) is 7.64. The van der Waals surface area contributed by atoms with Gasteiger partial charge in [0.05, 0.1) is 6.61 Å². The van der Waals surface area contributed by atoms with Crippen LogP contribution >= 0.6 is 0 Å². The summed E-state index contributed by atoms with van der Waals surface area (Å²) in [6.45, 7) is 6.61. The predicted molar refractivity (Wildman–Crippen MR) is 81.1 cm³/mol. The fourth-order valence-corrected chi connectivity index (χ4v) is 2.57. The topological polar surface area (TPSA) is 29.5 Å². The van der Waals surface area contributed by atoms with Crippen LogP contribution in [0.15, 0.2) is 18.2 Å². The first kappa shape index (κ1) is 14.9. The summed E-state index contributed by atoms with van der Waals surface area (Å²) in [5.41, 5.74) is 2.35. The molecule has 0 saturated carbocycles. The van der Waals surface area contributed by atoms with Gasteiger partial charge in [0.25, 0.3) is 0 Å². The molecular formula is C17H25NO2. The molecule has 1 heterocycles. The van der Waals surface area contributed by atoms with Crippen LogP contribution in [-0.2, 0) is 4.79 Å². The van der Waals surface area contributed by atoms with Gasteiger partial charge in [0.15, 0.2) is 0 Å². The Balaban J connectivity index is 1.70. The minimum absolute atomic E-state index is 0.286. The zero-order valence-corrected chi connectivity index (χ0v) is 12.7. The third kappa shape index (κ3) is 4.26. The van der Waals surface area contributed by atoms with E-state index >= 15 is 0 Å². The molecule has 1 aromatic rings. The molecule has 0 radical (unpaired) electrons. The van der Waals surface area contributed by atoms with Crippen molar-refractivity contribution in [2.45, 2.75) is 46.0 Å². The van der Waals surface area contributed by atoms with Crippen molar-refractivity contribution in [3.05, 3.63) is 29.3 Å². The lowest BCUT2D eigenvalue weighted by Gasteiger charge is -2.26. The van der Waals surface area contributed by atoms with Crippen molar-refractivity contribution in [1.29, 1.82) is 0 Å². The third-order valence-electron chi connectivity index (χ3n) is 3.84. The Bertz CT molecular complexity index is 450. The van der Waals surface area contributed by atoms with E-state index in [2.05, 4.69) is 25.1 Å².